The van der Waals surface area contributed by atoms with Gasteiger partial charge in [0.1, 0.15) is 0 Å². The van der Waals surface area contributed by atoms with Crippen molar-refractivity contribution >= 4 is 17.5 Å². The molecule has 1 heterocycles. The second-order valence-corrected chi connectivity index (χ2v) is 8.04. The zero-order valence-electron chi connectivity index (χ0n) is 18.3. The number of hydrogen-bond acceptors (Lipinski definition) is 4. The highest BCUT2D eigenvalue weighted by Gasteiger charge is 2.36. The van der Waals surface area contributed by atoms with E-state index >= 15 is 0 Å². The Balaban J connectivity index is 1.69. The Morgan fingerprint density at radius 3 is 2.53 bits per heavy atom. The second-order valence-electron chi connectivity index (χ2n) is 8.04. The first-order valence-corrected chi connectivity index (χ1v) is 10.2. The summed E-state index contributed by atoms with van der Waals surface area (Å²) < 4.78 is 10.6. The lowest BCUT2D eigenvalue weighted by atomic mass is 10.0. The minimum atomic E-state index is -0.342. The first kappa shape index (κ1) is 21.7. The van der Waals surface area contributed by atoms with Crippen LogP contribution in [0.3, 0.4) is 0 Å². The summed E-state index contributed by atoms with van der Waals surface area (Å²) in [5, 5.41) is 0. The van der Waals surface area contributed by atoms with E-state index in [1.54, 1.807) is 31.1 Å². The lowest BCUT2D eigenvalue weighted by molar-refractivity contribution is -0.135. The molecule has 1 unspecified atom stereocenters. The van der Waals surface area contributed by atoms with Crippen molar-refractivity contribution in [3.8, 4) is 11.5 Å². The van der Waals surface area contributed by atoms with E-state index < -0.39 is 0 Å². The molecule has 2 amide bonds. The van der Waals surface area contributed by atoms with Crippen molar-refractivity contribution in [2.45, 2.75) is 32.7 Å². The van der Waals surface area contributed by atoms with Crippen molar-refractivity contribution in [1.82, 2.24) is 4.90 Å². The Labute approximate surface area is 178 Å². The highest BCUT2D eigenvalue weighted by Crippen LogP contribution is 2.30. The average molecular weight is 411 g/mol. The summed E-state index contributed by atoms with van der Waals surface area (Å²) in [6.07, 6.45) is 0.237. The van der Waals surface area contributed by atoms with Gasteiger partial charge in [0.15, 0.2) is 11.5 Å². The molecule has 0 radical (unpaired) electrons. The number of nitrogens with zero attached hydrogens (tertiary/aromatic N) is 2. The molecule has 0 spiro atoms. The van der Waals surface area contributed by atoms with Crippen molar-refractivity contribution < 1.29 is 19.1 Å². The molecule has 0 bridgehead atoms. The third-order valence-electron chi connectivity index (χ3n) is 5.57. The van der Waals surface area contributed by atoms with E-state index in [1.165, 1.54) is 5.56 Å². The molecule has 1 aliphatic heterocycles. The monoisotopic (exact) mass is 410 g/mol. The predicted octanol–water partition coefficient (Wildman–Crippen LogP) is 3.84. The van der Waals surface area contributed by atoms with E-state index in [9.17, 15) is 9.59 Å². The van der Waals surface area contributed by atoms with Gasteiger partial charge in [-0.2, -0.15) is 0 Å². The quantitative estimate of drug-likeness (QED) is 0.696. The van der Waals surface area contributed by atoms with Gasteiger partial charge in [0.2, 0.25) is 11.8 Å². The minimum absolute atomic E-state index is 0.00577. The van der Waals surface area contributed by atoms with Crippen LogP contribution in [0.15, 0.2) is 42.5 Å². The summed E-state index contributed by atoms with van der Waals surface area (Å²) in [6, 6.07) is 13.6. The smallest absolute Gasteiger partial charge is 0.228 e. The van der Waals surface area contributed by atoms with Crippen LogP contribution in [0.2, 0.25) is 0 Å². The maximum absolute atomic E-state index is 13.0. The Hall–Kier alpha value is -3.02. The highest BCUT2D eigenvalue weighted by atomic mass is 16.5. The van der Waals surface area contributed by atoms with Crippen molar-refractivity contribution in [3.63, 3.8) is 0 Å². The SMILES string of the molecule is COc1ccc(CN(C)C(=O)C2CC(=O)N(c3cccc(C(C)C)c3)C2)cc1OC. The van der Waals surface area contributed by atoms with Crippen molar-refractivity contribution in [2.75, 3.05) is 32.7 Å². The van der Waals surface area contributed by atoms with Crippen molar-refractivity contribution in [3.05, 3.63) is 53.6 Å². The fourth-order valence-corrected chi connectivity index (χ4v) is 3.82. The van der Waals surface area contributed by atoms with Crippen LogP contribution >= 0.6 is 0 Å². The fraction of sp³-hybridized carbons (Fsp3) is 0.417. The average Bonchev–Trinajstić information content (AvgIpc) is 3.14. The molecule has 2 aromatic carbocycles. The van der Waals surface area contributed by atoms with Gasteiger partial charge in [-0.05, 0) is 41.3 Å². The molecule has 6 heteroatoms. The normalized spacial score (nSPS) is 16.1. The van der Waals surface area contributed by atoms with Gasteiger partial charge >= 0.3 is 0 Å². The van der Waals surface area contributed by atoms with Gasteiger partial charge in [0.05, 0.1) is 20.1 Å². The van der Waals surface area contributed by atoms with E-state index in [0.29, 0.717) is 30.5 Å². The molecule has 0 saturated carbocycles. The molecular formula is C24H30N2O4. The maximum Gasteiger partial charge on any atom is 0.228 e. The van der Waals surface area contributed by atoms with Crippen LogP contribution < -0.4 is 14.4 Å². The van der Waals surface area contributed by atoms with Gasteiger partial charge in [0, 0.05) is 32.2 Å². The minimum Gasteiger partial charge on any atom is -0.493 e. The summed E-state index contributed by atoms with van der Waals surface area (Å²) in [4.78, 5) is 29.1. The second kappa shape index (κ2) is 9.20. The number of methoxy groups -OCH3 is 2. The van der Waals surface area contributed by atoms with Gasteiger partial charge in [-0.15, -0.1) is 0 Å². The topological polar surface area (TPSA) is 59.1 Å². The third kappa shape index (κ3) is 4.58. The first-order valence-electron chi connectivity index (χ1n) is 10.2. The van der Waals surface area contributed by atoms with Gasteiger partial charge in [0.25, 0.3) is 0 Å². The molecular weight excluding hydrogens is 380 g/mol. The number of anilines is 1. The van der Waals surface area contributed by atoms with Crippen LogP contribution in [0.4, 0.5) is 5.69 Å². The molecule has 1 saturated heterocycles. The summed E-state index contributed by atoms with van der Waals surface area (Å²) in [5.74, 6) is 1.28. The zero-order valence-corrected chi connectivity index (χ0v) is 18.3. The molecule has 1 aliphatic rings. The Bertz CT molecular complexity index is 925. The van der Waals surface area contributed by atoms with Crippen LogP contribution in [0.5, 0.6) is 11.5 Å². The van der Waals surface area contributed by atoms with E-state index in [2.05, 4.69) is 19.9 Å². The Morgan fingerprint density at radius 2 is 1.87 bits per heavy atom. The molecule has 3 rings (SSSR count). The third-order valence-corrected chi connectivity index (χ3v) is 5.57. The lowest BCUT2D eigenvalue weighted by Crippen LogP contribution is -2.34. The number of benzene rings is 2. The molecule has 1 fully saturated rings. The maximum atomic E-state index is 13.0. The van der Waals surface area contributed by atoms with Gasteiger partial charge in [-0.25, -0.2) is 0 Å². The van der Waals surface area contributed by atoms with Gasteiger partial charge in [-0.1, -0.05) is 32.0 Å². The standard InChI is InChI=1S/C24H30N2O4/c1-16(2)18-7-6-8-20(12-18)26-15-19(13-23(26)27)24(28)25(3)14-17-9-10-21(29-4)22(11-17)30-5/h6-12,16,19H,13-15H2,1-5H3. The number of carbonyl (C=O) groups is 2. The van der Waals surface area contributed by atoms with E-state index in [0.717, 1.165) is 11.3 Å². The van der Waals surface area contributed by atoms with E-state index in [4.69, 9.17) is 9.47 Å². The Morgan fingerprint density at radius 1 is 1.13 bits per heavy atom. The zero-order chi connectivity index (χ0) is 21.8. The molecule has 0 aliphatic carbocycles. The highest BCUT2D eigenvalue weighted by molar-refractivity contribution is 6.00. The molecule has 0 aromatic heterocycles. The van der Waals surface area contributed by atoms with Crippen molar-refractivity contribution in [2.24, 2.45) is 5.92 Å². The van der Waals surface area contributed by atoms with Crippen LogP contribution in [0.1, 0.15) is 37.3 Å². The summed E-state index contributed by atoms with van der Waals surface area (Å²) in [7, 11) is 4.95. The molecule has 160 valence electrons. The summed E-state index contributed by atoms with van der Waals surface area (Å²) in [6.45, 7) is 5.10. The first-order chi connectivity index (χ1) is 14.3. The number of amides is 2. The number of carbonyl (C=O) groups excluding carboxylic acids is 2. The lowest BCUT2D eigenvalue weighted by Gasteiger charge is -2.22. The summed E-state index contributed by atoms with van der Waals surface area (Å²) in [5.41, 5.74) is 2.99. The molecule has 0 N–H and O–H groups in total. The molecule has 30 heavy (non-hydrogen) atoms. The van der Waals surface area contributed by atoms with Crippen LogP contribution in [0.25, 0.3) is 0 Å². The van der Waals surface area contributed by atoms with Crippen LogP contribution in [-0.2, 0) is 16.1 Å². The van der Waals surface area contributed by atoms with E-state index in [-0.39, 0.29) is 24.2 Å². The predicted molar refractivity (Wildman–Crippen MR) is 117 cm³/mol. The molecule has 6 nitrogen and oxygen atoms in total. The van der Waals surface area contributed by atoms with Crippen molar-refractivity contribution in [1.29, 1.82) is 0 Å². The largest absolute Gasteiger partial charge is 0.493 e. The van der Waals surface area contributed by atoms with E-state index in [1.807, 2.05) is 36.4 Å². The summed E-state index contributed by atoms with van der Waals surface area (Å²) >= 11 is 0. The van der Waals surface area contributed by atoms with Gasteiger partial charge < -0.3 is 19.3 Å². The van der Waals surface area contributed by atoms with Crippen LogP contribution in [0, 0.1) is 5.92 Å². The number of rotatable bonds is 7. The number of hydrogen-bond donors (Lipinski definition) is 0. The van der Waals surface area contributed by atoms with Crippen LogP contribution in [-0.4, -0.2) is 44.5 Å². The molecule has 1 atom stereocenters. The fourth-order valence-electron chi connectivity index (χ4n) is 3.82. The Kier molecular flexibility index (Phi) is 6.65. The molecule has 2 aromatic rings. The van der Waals surface area contributed by atoms with Gasteiger partial charge in [-0.3, -0.25) is 9.59 Å². The number of ether oxygens (including phenoxy) is 2.